The number of allylic oxidation sites excluding steroid dienone is 1. The molecule has 0 bridgehead atoms. The third-order valence-corrected chi connectivity index (χ3v) is 5.74. The normalized spacial score (nSPS) is 14.8. The first-order chi connectivity index (χ1) is 15.1. The van der Waals surface area contributed by atoms with E-state index in [9.17, 15) is 4.79 Å². The van der Waals surface area contributed by atoms with Gasteiger partial charge in [-0.1, -0.05) is 23.4 Å². The highest BCUT2D eigenvalue weighted by Gasteiger charge is 2.15. The maximum Gasteiger partial charge on any atom is 0.255 e. The Morgan fingerprint density at radius 3 is 2.90 bits per heavy atom. The lowest BCUT2D eigenvalue weighted by Gasteiger charge is -2.18. The molecule has 2 aromatic carbocycles. The average molecular weight is 409 g/mol. The monoisotopic (exact) mass is 409 g/mol. The first kappa shape index (κ1) is 19.2. The lowest BCUT2D eigenvalue weighted by Crippen LogP contribution is -2.26. The van der Waals surface area contributed by atoms with Gasteiger partial charge in [-0.2, -0.15) is 0 Å². The summed E-state index contributed by atoms with van der Waals surface area (Å²) in [5.74, 6) is -0.116. The summed E-state index contributed by atoms with van der Waals surface area (Å²) in [6, 6.07) is 12.1. The van der Waals surface area contributed by atoms with E-state index in [0.717, 1.165) is 53.2 Å². The van der Waals surface area contributed by atoms with Crippen molar-refractivity contribution in [2.24, 2.45) is 7.05 Å². The molecule has 1 aliphatic carbocycles. The second-order valence-electron chi connectivity index (χ2n) is 7.96. The number of carbonyl (C=O) groups is 1. The molecule has 0 saturated heterocycles. The van der Waals surface area contributed by atoms with Crippen LogP contribution in [0.1, 0.15) is 39.5 Å². The summed E-state index contributed by atoms with van der Waals surface area (Å²) in [7, 11) is 1.85. The summed E-state index contributed by atoms with van der Waals surface area (Å²) in [6.07, 6.45) is 6.83. The van der Waals surface area contributed by atoms with Crippen LogP contribution in [0.3, 0.4) is 0 Å². The van der Waals surface area contributed by atoms with Gasteiger partial charge in [-0.05, 0) is 72.5 Å². The van der Waals surface area contributed by atoms with Gasteiger partial charge in [0.05, 0.1) is 11.9 Å². The summed E-state index contributed by atoms with van der Waals surface area (Å²) >= 11 is 0. The Bertz CT molecular complexity index is 1290. The molecule has 0 fully saturated rings. The van der Waals surface area contributed by atoms with Gasteiger partial charge in [-0.3, -0.25) is 9.48 Å². The molecule has 31 heavy (non-hydrogen) atoms. The highest BCUT2D eigenvalue weighted by atomic mass is 16.1. The van der Waals surface area contributed by atoms with E-state index in [1.807, 2.05) is 56.6 Å². The molecule has 6 heteroatoms. The standard InChI is InChI=1S/C25H23N5O/c1-16-3-4-17-5-7-19(24-15-30(2)29-28-24)11-21(17)13-23(16)27-25(31)20-8-6-18-9-10-26-14-22(18)12-20/h4-8,11-13,15,26H,9-10,14H2,1-2H3,(H,27,31). The zero-order valence-corrected chi connectivity index (χ0v) is 17.6. The first-order valence-corrected chi connectivity index (χ1v) is 10.4. The topological polar surface area (TPSA) is 71.8 Å². The molecule has 6 nitrogen and oxygen atoms in total. The van der Waals surface area contributed by atoms with E-state index in [-0.39, 0.29) is 5.91 Å². The molecular formula is C25H23N5O. The van der Waals surface area contributed by atoms with Crippen molar-refractivity contribution in [3.05, 3.63) is 87.4 Å². The average Bonchev–Trinajstić information content (AvgIpc) is 3.16. The van der Waals surface area contributed by atoms with Crippen molar-refractivity contribution in [2.45, 2.75) is 19.9 Å². The van der Waals surface area contributed by atoms with Gasteiger partial charge in [-0.15, -0.1) is 10.8 Å². The maximum absolute atomic E-state index is 13.0. The molecule has 154 valence electrons. The Morgan fingerprint density at radius 1 is 1.16 bits per heavy atom. The van der Waals surface area contributed by atoms with Crippen LogP contribution in [0.4, 0.5) is 0 Å². The quantitative estimate of drug-likeness (QED) is 0.650. The Kier molecular flexibility index (Phi) is 4.86. The molecule has 1 aliphatic heterocycles. The Labute approximate surface area is 181 Å². The predicted octanol–water partition coefficient (Wildman–Crippen LogP) is 3.47. The van der Waals surface area contributed by atoms with Gasteiger partial charge in [0.2, 0.25) is 0 Å². The van der Waals surface area contributed by atoms with Crippen molar-refractivity contribution in [1.29, 1.82) is 0 Å². The summed E-state index contributed by atoms with van der Waals surface area (Å²) in [5.41, 5.74) is 11.9. The van der Waals surface area contributed by atoms with Crippen LogP contribution in [0.5, 0.6) is 0 Å². The van der Waals surface area contributed by atoms with E-state index in [2.05, 4.69) is 38.8 Å². The molecule has 0 spiro atoms. The SMILES string of the molecule is CC1=C=Cc2ccc(-c3cn(C)nn3)cc2C=C1NC(=O)c1ccc2c(c1)CNCC2. The predicted molar refractivity (Wildman–Crippen MR) is 121 cm³/mol. The summed E-state index contributed by atoms with van der Waals surface area (Å²) < 4.78 is 1.68. The number of nitrogens with one attached hydrogen (secondary N) is 2. The van der Waals surface area contributed by atoms with Crippen LogP contribution in [0.2, 0.25) is 0 Å². The smallest absolute Gasteiger partial charge is 0.255 e. The van der Waals surface area contributed by atoms with Crippen molar-refractivity contribution in [3.63, 3.8) is 0 Å². The maximum atomic E-state index is 13.0. The molecule has 3 aromatic rings. The number of benzene rings is 2. The summed E-state index contributed by atoms with van der Waals surface area (Å²) in [5, 5.41) is 14.7. The molecule has 2 N–H and O–H groups in total. The van der Waals surface area contributed by atoms with E-state index in [0.29, 0.717) is 5.56 Å². The Morgan fingerprint density at radius 2 is 2.06 bits per heavy atom. The number of hydrogen-bond donors (Lipinski definition) is 2. The lowest BCUT2D eigenvalue weighted by molar-refractivity contribution is 0.0967. The second-order valence-corrected chi connectivity index (χ2v) is 7.96. The van der Waals surface area contributed by atoms with Gasteiger partial charge in [0, 0.05) is 30.3 Å². The molecule has 0 unspecified atom stereocenters. The number of aryl methyl sites for hydroxylation is 1. The highest BCUT2D eigenvalue weighted by molar-refractivity contribution is 5.97. The number of aromatic nitrogens is 3. The molecule has 2 heterocycles. The van der Waals surface area contributed by atoms with Crippen LogP contribution in [-0.4, -0.2) is 27.4 Å². The lowest BCUT2D eigenvalue weighted by atomic mass is 9.98. The second kappa shape index (κ2) is 7.84. The number of hydrogen-bond acceptors (Lipinski definition) is 4. The summed E-state index contributed by atoms with van der Waals surface area (Å²) in [4.78, 5) is 13.0. The fraction of sp³-hybridized carbons (Fsp3) is 0.200. The third-order valence-electron chi connectivity index (χ3n) is 5.74. The molecule has 5 rings (SSSR count). The van der Waals surface area contributed by atoms with Crippen molar-refractivity contribution in [2.75, 3.05) is 6.54 Å². The molecule has 0 radical (unpaired) electrons. The molecule has 0 atom stereocenters. The van der Waals surface area contributed by atoms with Crippen LogP contribution in [0.25, 0.3) is 23.4 Å². The molecule has 1 amide bonds. The third kappa shape index (κ3) is 3.87. The van der Waals surface area contributed by atoms with E-state index in [1.54, 1.807) is 4.68 Å². The van der Waals surface area contributed by atoms with Gasteiger partial charge in [0.1, 0.15) is 5.69 Å². The van der Waals surface area contributed by atoms with Gasteiger partial charge in [0.25, 0.3) is 5.91 Å². The van der Waals surface area contributed by atoms with Crippen LogP contribution in [-0.2, 0) is 20.0 Å². The molecular weight excluding hydrogens is 386 g/mol. The number of nitrogens with zero attached hydrogens (tertiary/aromatic N) is 3. The zero-order valence-electron chi connectivity index (χ0n) is 17.6. The van der Waals surface area contributed by atoms with E-state index < -0.39 is 0 Å². The van der Waals surface area contributed by atoms with Gasteiger partial charge in [-0.25, -0.2) is 0 Å². The largest absolute Gasteiger partial charge is 0.321 e. The summed E-state index contributed by atoms with van der Waals surface area (Å²) in [6.45, 7) is 3.74. The van der Waals surface area contributed by atoms with Crippen LogP contribution in [0.15, 0.2) is 59.6 Å². The minimum Gasteiger partial charge on any atom is -0.321 e. The van der Waals surface area contributed by atoms with Gasteiger partial charge >= 0.3 is 0 Å². The first-order valence-electron chi connectivity index (χ1n) is 10.4. The molecule has 1 aromatic heterocycles. The fourth-order valence-corrected chi connectivity index (χ4v) is 3.94. The zero-order chi connectivity index (χ0) is 21.4. The molecule has 0 saturated carbocycles. The van der Waals surface area contributed by atoms with Crippen molar-refractivity contribution >= 4 is 18.1 Å². The van der Waals surface area contributed by atoms with Gasteiger partial charge in [0.15, 0.2) is 0 Å². The number of amides is 1. The number of fused-ring (bicyclic) bond motifs is 2. The van der Waals surface area contributed by atoms with Crippen molar-refractivity contribution in [1.82, 2.24) is 25.6 Å². The van der Waals surface area contributed by atoms with Crippen LogP contribution in [0, 0.1) is 0 Å². The minimum absolute atomic E-state index is 0.116. The van der Waals surface area contributed by atoms with E-state index >= 15 is 0 Å². The van der Waals surface area contributed by atoms with Gasteiger partial charge < -0.3 is 10.6 Å². The Hall–Kier alpha value is -3.73. The number of rotatable bonds is 3. The minimum atomic E-state index is -0.116. The van der Waals surface area contributed by atoms with E-state index in [4.69, 9.17) is 0 Å². The number of carbonyl (C=O) groups excluding carboxylic acids is 1. The van der Waals surface area contributed by atoms with E-state index in [1.165, 1.54) is 11.1 Å². The van der Waals surface area contributed by atoms with Crippen molar-refractivity contribution in [3.8, 4) is 11.3 Å². The van der Waals surface area contributed by atoms with Crippen LogP contribution < -0.4 is 10.6 Å². The highest BCUT2D eigenvalue weighted by Crippen LogP contribution is 2.26. The molecule has 2 aliphatic rings. The fourth-order valence-electron chi connectivity index (χ4n) is 3.94. The van der Waals surface area contributed by atoms with Crippen molar-refractivity contribution < 1.29 is 4.79 Å². The van der Waals surface area contributed by atoms with Crippen LogP contribution >= 0.6 is 0 Å². The Balaban J connectivity index is 1.46.